The minimum Gasteiger partial charge on any atom is -0.469 e. The molecule has 0 saturated heterocycles. The van der Waals surface area contributed by atoms with E-state index in [0.717, 1.165) is 11.1 Å². The number of hydrogen-bond acceptors (Lipinski definition) is 4. The second kappa shape index (κ2) is 10.1. The molecule has 0 unspecified atom stereocenters. The van der Waals surface area contributed by atoms with Crippen LogP contribution in [0, 0.1) is 0 Å². The van der Waals surface area contributed by atoms with Crippen molar-refractivity contribution in [2.75, 3.05) is 27.2 Å². The Morgan fingerprint density at radius 1 is 0.963 bits per heavy atom. The van der Waals surface area contributed by atoms with Gasteiger partial charge in [-0.2, -0.15) is 0 Å². The highest BCUT2D eigenvalue weighted by atomic mass is 16.5. The smallest absolute Gasteiger partial charge is 0.305 e. The number of carbonyl (C=O) groups excluding carboxylic acids is 3. The van der Waals surface area contributed by atoms with Crippen molar-refractivity contribution < 1.29 is 19.1 Å². The molecule has 0 atom stereocenters. The summed E-state index contributed by atoms with van der Waals surface area (Å²) in [7, 11) is 2.97. The standard InChI is InChI=1S/C21H24N2O4/c1-23(14-6-9-20(25)27-2)19(24)15-22-21(26)18-12-10-17(11-13-18)16-7-4-3-5-8-16/h3-5,7-8,10-13H,6,9,14-15H2,1-2H3,(H,22,26). The summed E-state index contributed by atoms with van der Waals surface area (Å²) >= 11 is 0. The van der Waals surface area contributed by atoms with Crippen LogP contribution in [0.5, 0.6) is 0 Å². The van der Waals surface area contributed by atoms with E-state index >= 15 is 0 Å². The lowest BCUT2D eigenvalue weighted by Crippen LogP contribution is -2.38. The Balaban J connectivity index is 1.81. The van der Waals surface area contributed by atoms with E-state index in [9.17, 15) is 14.4 Å². The number of methoxy groups -OCH3 is 1. The van der Waals surface area contributed by atoms with Crippen LogP contribution in [0.4, 0.5) is 0 Å². The van der Waals surface area contributed by atoms with E-state index in [4.69, 9.17) is 0 Å². The number of likely N-dealkylation sites (N-methyl/N-ethyl adjacent to an activating group) is 1. The molecule has 1 N–H and O–H groups in total. The average molecular weight is 368 g/mol. The van der Waals surface area contributed by atoms with Crippen LogP contribution in [0.25, 0.3) is 11.1 Å². The molecule has 142 valence electrons. The maximum absolute atomic E-state index is 12.2. The van der Waals surface area contributed by atoms with Crippen LogP contribution in [0.3, 0.4) is 0 Å². The van der Waals surface area contributed by atoms with E-state index in [1.165, 1.54) is 12.0 Å². The number of rotatable bonds is 8. The monoisotopic (exact) mass is 368 g/mol. The Hall–Kier alpha value is -3.15. The van der Waals surface area contributed by atoms with Crippen molar-refractivity contribution in [2.45, 2.75) is 12.8 Å². The third-order valence-corrected chi connectivity index (χ3v) is 4.18. The molecule has 6 heteroatoms. The molecule has 27 heavy (non-hydrogen) atoms. The first-order valence-electron chi connectivity index (χ1n) is 8.75. The lowest BCUT2D eigenvalue weighted by atomic mass is 10.0. The fourth-order valence-electron chi connectivity index (χ4n) is 2.52. The van der Waals surface area contributed by atoms with Crippen LogP contribution in [0.2, 0.25) is 0 Å². The first-order valence-corrected chi connectivity index (χ1v) is 8.75. The molecule has 2 amide bonds. The van der Waals surface area contributed by atoms with Crippen molar-refractivity contribution in [1.29, 1.82) is 0 Å². The van der Waals surface area contributed by atoms with Gasteiger partial charge in [0, 0.05) is 25.6 Å². The van der Waals surface area contributed by atoms with Gasteiger partial charge in [0.15, 0.2) is 0 Å². The van der Waals surface area contributed by atoms with Crippen molar-refractivity contribution in [1.82, 2.24) is 10.2 Å². The first-order chi connectivity index (χ1) is 13.0. The largest absolute Gasteiger partial charge is 0.469 e. The Morgan fingerprint density at radius 3 is 2.22 bits per heavy atom. The zero-order valence-corrected chi connectivity index (χ0v) is 15.6. The van der Waals surface area contributed by atoms with Crippen molar-refractivity contribution >= 4 is 17.8 Å². The number of nitrogens with one attached hydrogen (secondary N) is 1. The molecule has 0 bridgehead atoms. The van der Waals surface area contributed by atoms with E-state index in [2.05, 4.69) is 10.1 Å². The van der Waals surface area contributed by atoms with Gasteiger partial charge in [0.2, 0.25) is 5.91 Å². The minimum absolute atomic E-state index is 0.0893. The molecule has 6 nitrogen and oxygen atoms in total. The molecule has 0 aliphatic carbocycles. The zero-order chi connectivity index (χ0) is 19.6. The predicted octanol–water partition coefficient (Wildman–Crippen LogP) is 2.50. The highest BCUT2D eigenvalue weighted by Crippen LogP contribution is 2.19. The van der Waals surface area contributed by atoms with Crippen molar-refractivity contribution in [3.8, 4) is 11.1 Å². The SMILES string of the molecule is COC(=O)CCCN(C)C(=O)CNC(=O)c1ccc(-c2ccccc2)cc1. The fraction of sp³-hybridized carbons (Fsp3) is 0.286. The van der Waals surface area contributed by atoms with Crippen LogP contribution in [0.15, 0.2) is 54.6 Å². The average Bonchev–Trinajstić information content (AvgIpc) is 2.72. The molecule has 0 fully saturated rings. The second-order valence-electron chi connectivity index (χ2n) is 6.12. The minimum atomic E-state index is -0.303. The van der Waals surface area contributed by atoms with Crippen LogP contribution < -0.4 is 5.32 Å². The van der Waals surface area contributed by atoms with Gasteiger partial charge in [0.05, 0.1) is 13.7 Å². The maximum Gasteiger partial charge on any atom is 0.305 e. The van der Waals surface area contributed by atoms with Gasteiger partial charge in [-0.15, -0.1) is 0 Å². The van der Waals surface area contributed by atoms with Crippen molar-refractivity contribution in [2.24, 2.45) is 0 Å². The summed E-state index contributed by atoms with van der Waals surface area (Å²) < 4.78 is 4.56. The summed E-state index contributed by atoms with van der Waals surface area (Å²) in [5.74, 6) is -0.817. The van der Waals surface area contributed by atoms with E-state index in [0.29, 0.717) is 18.5 Å². The van der Waals surface area contributed by atoms with Gasteiger partial charge in [-0.3, -0.25) is 14.4 Å². The van der Waals surface area contributed by atoms with Crippen molar-refractivity contribution in [3.05, 3.63) is 60.2 Å². The molecule has 0 radical (unpaired) electrons. The third-order valence-electron chi connectivity index (χ3n) is 4.18. The summed E-state index contributed by atoms with van der Waals surface area (Å²) in [6.07, 6.45) is 0.776. The van der Waals surface area contributed by atoms with E-state index in [1.807, 2.05) is 42.5 Å². The van der Waals surface area contributed by atoms with Crippen LogP contribution in [-0.2, 0) is 14.3 Å². The molecule has 0 spiro atoms. The number of benzene rings is 2. The molecular formula is C21H24N2O4. The lowest BCUT2D eigenvalue weighted by Gasteiger charge is -2.17. The molecule has 0 aliphatic rings. The highest BCUT2D eigenvalue weighted by molar-refractivity contribution is 5.96. The van der Waals surface area contributed by atoms with Gasteiger partial charge < -0.3 is 15.0 Å². The number of hydrogen-bond donors (Lipinski definition) is 1. The second-order valence-corrected chi connectivity index (χ2v) is 6.12. The number of nitrogens with zero attached hydrogens (tertiary/aromatic N) is 1. The summed E-state index contributed by atoms with van der Waals surface area (Å²) in [6.45, 7) is 0.337. The Bertz CT molecular complexity index is 773. The molecule has 2 aromatic carbocycles. The quantitative estimate of drug-likeness (QED) is 0.727. The normalized spacial score (nSPS) is 10.1. The molecule has 0 saturated carbocycles. The molecule has 2 aromatic rings. The third kappa shape index (κ3) is 6.26. The van der Waals surface area contributed by atoms with Gasteiger partial charge in [-0.1, -0.05) is 42.5 Å². The zero-order valence-electron chi connectivity index (χ0n) is 15.6. The van der Waals surface area contributed by atoms with E-state index < -0.39 is 0 Å². The van der Waals surface area contributed by atoms with Crippen LogP contribution in [0.1, 0.15) is 23.2 Å². The van der Waals surface area contributed by atoms with Gasteiger partial charge in [-0.25, -0.2) is 0 Å². The fourth-order valence-corrected chi connectivity index (χ4v) is 2.52. The van der Waals surface area contributed by atoms with E-state index in [-0.39, 0.29) is 30.7 Å². The van der Waals surface area contributed by atoms with Crippen LogP contribution >= 0.6 is 0 Å². The van der Waals surface area contributed by atoms with Crippen molar-refractivity contribution in [3.63, 3.8) is 0 Å². The number of amides is 2. The summed E-state index contributed by atoms with van der Waals surface area (Å²) in [4.78, 5) is 36.8. The van der Waals surface area contributed by atoms with E-state index in [1.54, 1.807) is 19.2 Å². The van der Waals surface area contributed by atoms with Gasteiger partial charge in [-0.05, 0) is 29.7 Å². The van der Waals surface area contributed by atoms with Gasteiger partial charge in [0.25, 0.3) is 5.91 Å². The Labute approximate surface area is 159 Å². The maximum atomic E-state index is 12.2. The number of carbonyl (C=O) groups is 3. The lowest BCUT2D eigenvalue weighted by molar-refractivity contribution is -0.141. The topological polar surface area (TPSA) is 75.7 Å². The Morgan fingerprint density at radius 2 is 1.59 bits per heavy atom. The molecule has 2 rings (SSSR count). The van der Waals surface area contributed by atoms with Crippen LogP contribution in [-0.4, -0.2) is 49.9 Å². The molecule has 0 heterocycles. The number of ether oxygens (including phenoxy) is 1. The number of esters is 1. The Kier molecular flexibility index (Phi) is 7.55. The predicted molar refractivity (Wildman–Crippen MR) is 103 cm³/mol. The molecular weight excluding hydrogens is 344 g/mol. The van der Waals surface area contributed by atoms with Gasteiger partial charge in [0.1, 0.15) is 0 Å². The molecule has 0 aromatic heterocycles. The summed E-state index contributed by atoms with van der Waals surface area (Å²) in [5, 5.41) is 2.63. The molecule has 0 aliphatic heterocycles. The first kappa shape index (κ1) is 20.2. The van der Waals surface area contributed by atoms with Gasteiger partial charge >= 0.3 is 5.97 Å². The highest BCUT2D eigenvalue weighted by Gasteiger charge is 2.12. The summed E-state index contributed by atoms with van der Waals surface area (Å²) in [5.41, 5.74) is 2.60. The summed E-state index contributed by atoms with van der Waals surface area (Å²) in [6, 6.07) is 17.1.